The summed E-state index contributed by atoms with van der Waals surface area (Å²) < 4.78 is 7.95. The van der Waals surface area contributed by atoms with Crippen molar-refractivity contribution in [2.24, 2.45) is 0 Å². The van der Waals surface area contributed by atoms with Crippen molar-refractivity contribution < 1.29 is 4.74 Å². The zero-order valence-corrected chi connectivity index (χ0v) is 12.1. The van der Waals surface area contributed by atoms with Crippen molar-refractivity contribution in [3.63, 3.8) is 0 Å². The molecule has 8 heteroatoms. The van der Waals surface area contributed by atoms with Crippen LogP contribution in [-0.2, 0) is 17.9 Å². The van der Waals surface area contributed by atoms with E-state index >= 15 is 0 Å². The zero-order valence-electron chi connectivity index (χ0n) is 11.3. The van der Waals surface area contributed by atoms with Crippen LogP contribution in [0.15, 0.2) is 6.20 Å². The van der Waals surface area contributed by atoms with E-state index < -0.39 is 0 Å². The van der Waals surface area contributed by atoms with Crippen molar-refractivity contribution in [2.75, 3.05) is 13.1 Å². The van der Waals surface area contributed by atoms with Gasteiger partial charge in [0.05, 0.1) is 37.2 Å². The highest BCUT2D eigenvalue weighted by atomic mass is 32.1. The molecule has 7 nitrogen and oxygen atoms in total. The molecule has 1 saturated heterocycles. The first-order chi connectivity index (χ1) is 9.79. The minimum Gasteiger partial charge on any atom is -0.370 e. The van der Waals surface area contributed by atoms with Crippen molar-refractivity contribution in [2.45, 2.75) is 38.6 Å². The van der Waals surface area contributed by atoms with Gasteiger partial charge in [0.15, 0.2) is 0 Å². The van der Waals surface area contributed by atoms with Crippen LogP contribution in [0.1, 0.15) is 28.2 Å². The third-order valence-electron chi connectivity index (χ3n) is 3.94. The number of nitrogens with zero attached hydrogens (tertiary/aromatic N) is 6. The minimum atomic E-state index is 0.261. The van der Waals surface area contributed by atoms with Gasteiger partial charge in [-0.2, -0.15) is 0 Å². The summed E-state index contributed by atoms with van der Waals surface area (Å²) in [6.45, 7) is 5.44. The molecule has 2 aliphatic heterocycles. The molecule has 0 N–H and O–H groups in total. The van der Waals surface area contributed by atoms with Crippen LogP contribution in [0.3, 0.4) is 0 Å². The van der Waals surface area contributed by atoms with Crippen LogP contribution in [0, 0.1) is 6.92 Å². The number of likely N-dealkylation sites (tertiary alicyclic amines) is 1. The second-order valence-corrected chi connectivity index (χ2v) is 6.59. The monoisotopic (exact) mass is 292 g/mol. The number of fused-ring (bicyclic) bond motifs is 3. The summed E-state index contributed by atoms with van der Waals surface area (Å²) in [6.07, 6.45) is 3.09. The van der Waals surface area contributed by atoms with Gasteiger partial charge in [0.25, 0.3) is 0 Å². The fourth-order valence-corrected chi connectivity index (χ4v) is 3.73. The number of aromatic nitrogens is 5. The lowest BCUT2D eigenvalue weighted by molar-refractivity contribution is -0.0670. The van der Waals surface area contributed by atoms with Crippen LogP contribution >= 0.6 is 11.3 Å². The van der Waals surface area contributed by atoms with Crippen LogP contribution in [0.5, 0.6) is 0 Å². The van der Waals surface area contributed by atoms with Crippen LogP contribution < -0.4 is 0 Å². The Morgan fingerprint density at radius 3 is 3.25 bits per heavy atom. The number of hydrogen-bond acceptors (Lipinski definition) is 7. The molecule has 2 aromatic rings. The van der Waals surface area contributed by atoms with Gasteiger partial charge >= 0.3 is 0 Å². The Morgan fingerprint density at radius 2 is 2.40 bits per heavy atom. The maximum atomic E-state index is 5.92. The summed E-state index contributed by atoms with van der Waals surface area (Å²) >= 11 is 1.67. The Hall–Kier alpha value is -1.38. The van der Waals surface area contributed by atoms with E-state index in [1.165, 1.54) is 0 Å². The van der Waals surface area contributed by atoms with E-state index in [1.54, 1.807) is 17.5 Å². The van der Waals surface area contributed by atoms with Crippen molar-refractivity contribution in [3.05, 3.63) is 21.9 Å². The highest BCUT2D eigenvalue weighted by Gasteiger charge is 2.36. The average molecular weight is 292 g/mol. The summed E-state index contributed by atoms with van der Waals surface area (Å²) in [5.41, 5.74) is 1.07. The maximum Gasteiger partial charge on any atom is 0.131 e. The number of rotatable bonds is 2. The van der Waals surface area contributed by atoms with E-state index in [4.69, 9.17) is 4.74 Å². The van der Waals surface area contributed by atoms with E-state index in [-0.39, 0.29) is 12.1 Å². The van der Waals surface area contributed by atoms with Gasteiger partial charge in [0.1, 0.15) is 10.0 Å². The average Bonchev–Trinajstić information content (AvgIpc) is 3.07. The highest BCUT2D eigenvalue weighted by molar-refractivity contribution is 7.11. The Kier molecular flexibility index (Phi) is 3.01. The molecule has 0 aromatic carbocycles. The van der Waals surface area contributed by atoms with E-state index in [2.05, 4.69) is 25.4 Å². The lowest BCUT2D eigenvalue weighted by Crippen LogP contribution is -2.47. The van der Waals surface area contributed by atoms with Crippen LogP contribution in [0.2, 0.25) is 0 Å². The summed E-state index contributed by atoms with van der Waals surface area (Å²) in [4.78, 5) is 2.40. The molecule has 0 bridgehead atoms. The summed E-state index contributed by atoms with van der Waals surface area (Å²) in [7, 11) is 0. The molecule has 1 fully saturated rings. The predicted octanol–water partition coefficient (Wildman–Crippen LogP) is 0.784. The molecule has 2 aromatic heterocycles. The lowest BCUT2D eigenvalue weighted by Gasteiger charge is -2.40. The molecule has 106 valence electrons. The molecule has 0 aliphatic carbocycles. The van der Waals surface area contributed by atoms with Gasteiger partial charge in [-0.3, -0.25) is 4.90 Å². The Bertz CT molecular complexity index is 611. The van der Waals surface area contributed by atoms with Crippen LogP contribution in [0.4, 0.5) is 0 Å². The number of hydrogen-bond donors (Lipinski definition) is 0. The van der Waals surface area contributed by atoms with E-state index in [9.17, 15) is 0 Å². The third kappa shape index (κ3) is 2.13. The molecule has 4 rings (SSSR count). The molecule has 0 spiro atoms. The molecule has 0 amide bonds. The van der Waals surface area contributed by atoms with Crippen molar-refractivity contribution in [1.82, 2.24) is 30.1 Å². The quantitative estimate of drug-likeness (QED) is 0.815. The number of piperidine rings is 1. The normalized spacial score (nSPS) is 26.2. The molecule has 2 atom stereocenters. The molecular formula is C12H16N6OS. The predicted molar refractivity (Wildman–Crippen MR) is 72.2 cm³/mol. The molecule has 0 radical (unpaired) electrons. The maximum absolute atomic E-state index is 5.92. The summed E-state index contributed by atoms with van der Waals surface area (Å²) in [5, 5.41) is 18.6. The fraction of sp³-hybridized carbons (Fsp3) is 0.667. The summed E-state index contributed by atoms with van der Waals surface area (Å²) in [5.74, 6) is 0. The van der Waals surface area contributed by atoms with Crippen molar-refractivity contribution in [3.8, 4) is 0 Å². The summed E-state index contributed by atoms with van der Waals surface area (Å²) in [6, 6.07) is 0.268. The van der Waals surface area contributed by atoms with Crippen molar-refractivity contribution >= 4 is 11.3 Å². The molecule has 0 unspecified atom stereocenters. The SMILES string of the molecule is Cc1nnc(CN2CC[C@@H]3OCc4cnnn4[C@@H]3C2)s1. The van der Waals surface area contributed by atoms with Gasteiger partial charge in [0, 0.05) is 13.1 Å². The van der Waals surface area contributed by atoms with Gasteiger partial charge in [-0.05, 0) is 13.3 Å². The van der Waals surface area contributed by atoms with Gasteiger partial charge in [0.2, 0.25) is 0 Å². The van der Waals surface area contributed by atoms with E-state index in [1.807, 2.05) is 11.6 Å². The van der Waals surface area contributed by atoms with E-state index in [0.717, 1.165) is 41.8 Å². The first-order valence-electron chi connectivity index (χ1n) is 6.81. The first kappa shape index (κ1) is 12.4. The zero-order chi connectivity index (χ0) is 13.5. The fourth-order valence-electron chi connectivity index (χ4n) is 2.98. The number of ether oxygens (including phenoxy) is 1. The second-order valence-electron chi connectivity index (χ2n) is 5.33. The highest BCUT2D eigenvalue weighted by Crippen LogP contribution is 2.30. The van der Waals surface area contributed by atoms with E-state index in [0.29, 0.717) is 6.61 Å². The third-order valence-corrected chi connectivity index (χ3v) is 4.76. The minimum absolute atomic E-state index is 0.261. The first-order valence-corrected chi connectivity index (χ1v) is 7.63. The van der Waals surface area contributed by atoms with Gasteiger partial charge in [-0.25, -0.2) is 4.68 Å². The standard InChI is InChI=1S/C12H16N6OS/c1-8-14-15-12(20-8)6-17-3-2-11-10(5-17)18-9(7-19-11)4-13-16-18/h4,10-11H,2-3,5-7H2,1H3/t10-,11+/m1/s1. The lowest BCUT2D eigenvalue weighted by atomic mass is 10.0. The van der Waals surface area contributed by atoms with Gasteiger partial charge < -0.3 is 4.74 Å². The molecule has 20 heavy (non-hydrogen) atoms. The van der Waals surface area contributed by atoms with Crippen LogP contribution in [-0.4, -0.2) is 49.3 Å². The largest absolute Gasteiger partial charge is 0.370 e. The molecule has 0 saturated carbocycles. The second kappa shape index (κ2) is 4.87. The Balaban J connectivity index is 1.51. The van der Waals surface area contributed by atoms with Gasteiger partial charge in [-0.15, -0.1) is 26.6 Å². The Morgan fingerprint density at radius 1 is 1.45 bits per heavy atom. The van der Waals surface area contributed by atoms with Crippen LogP contribution in [0.25, 0.3) is 0 Å². The molecular weight excluding hydrogens is 276 g/mol. The topological polar surface area (TPSA) is 69.0 Å². The van der Waals surface area contributed by atoms with Crippen molar-refractivity contribution in [1.29, 1.82) is 0 Å². The smallest absolute Gasteiger partial charge is 0.131 e. The Labute approximate surface area is 120 Å². The molecule has 4 heterocycles. The number of aryl methyl sites for hydroxylation is 1. The van der Waals surface area contributed by atoms with Gasteiger partial charge in [-0.1, -0.05) is 5.21 Å². The molecule has 2 aliphatic rings.